The minimum absolute atomic E-state index is 0.0752. The molecule has 3 aliphatic heterocycles. The largest absolute Gasteiger partial charge is 0.353 e. The third-order valence-corrected chi connectivity index (χ3v) is 11.9. The first-order chi connectivity index (χ1) is 28.2. The fourth-order valence-electron chi connectivity index (χ4n) is 7.84. The number of carbonyl (C=O) groups is 3. The highest BCUT2D eigenvalue weighted by atomic mass is 79.9. The van der Waals surface area contributed by atoms with Crippen LogP contribution in [0.15, 0.2) is 92.7 Å². The lowest BCUT2D eigenvalue weighted by atomic mass is 10.0. The molecule has 59 heavy (non-hydrogen) atoms. The molecule has 0 spiro atoms. The lowest BCUT2D eigenvalue weighted by molar-refractivity contribution is -0.384. The zero-order valence-corrected chi connectivity index (χ0v) is 36.2. The molecule has 0 atom stereocenters. The van der Waals surface area contributed by atoms with Crippen LogP contribution in [-0.2, 0) is 19.6 Å². The first-order valence-electron chi connectivity index (χ1n) is 18.1. The molecule has 0 saturated carbocycles. The molecule has 0 bridgehead atoms. The summed E-state index contributed by atoms with van der Waals surface area (Å²) in [5.41, 5.74) is 11.6. The van der Waals surface area contributed by atoms with Crippen LogP contribution in [0.4, 0.5) is 5.69 Å². The molecule has 8 aromatic rings. The number of halogens is 3. The number of nitrogens with one attached hydrogen (secondary N) is 2. The molecule has 17 heteroatoms. The van der Waals surface area contributed by atoms with Crippen molar-refractivity contribution >= 4 is 115 Å². The second-order valence-electron chi connectivity index (χ2n) is 14.6. The molecule has 3 amide bonds. The Hall–Kier alpha value is -6.04. The molecule has 0 fully saturated rings. The number of H-pyrrole nitrogens is 2. The molecule has 2 N–H and O–H groups in total. The summed E-state index contributed by atoms with van der Waals surface area (Å²) in [4.78, 5) is 71.7. The Morgan fingerprint density at radius 2 is 1.17 bits per heavy atom. The zero-order valence-electron chi connectivity index (χ0n) is 31.4. The van der Waals surface area contributed by atoms with Crippen molar-refractivity contribution in [3.8, 4) is 11.3 Å². The number of aromatic nitrogens is 5. The summed E-state index contributed by atoms with van der Waals surface area (Å²) in [6.45, 7) is 1.91. The standard InChI is InChI=1S/C14H10BrN3O3.2C14H10BrN3O/c1-17-7-9-3-2-8(4-11(9)14(17)19)13-12(18(20)21)5-10(15)6-16-13;1-18-6-7-2-11-10(4-9(7)14(18)19)13-12(17-11)3-8(15)5-16-13;1-18-6-7-2-3-9-12-10(4-8(15)5-16-12)17-13(9)11(7)14(18)19/h2-6H,7H2,1H3;2*2-5,17H,6H2,1H3. The first-order valence-corrected chi connectivity index (χ1v) is 20.5. The van der Waals surface area contributed by atoms with Gasteiger partial charge in [-0.15, -0.1) is 0 Å². The van der Waals surface area contributed by atoms with Crippen molar-refractivity contribution < 1.29 is 19.3 Å². The molecule has 11 rings (SSSR count). The highest BCUT2D eigenvalue weighted by Gasteiger charge is 2.29. The van der Waals surface area contributed by atoms with Crippen molar-refractivity contribution in [2.24, 2.45) is 0 Å². The number of hydrogen-bond acceptors (Lipinski definition) is 8. The molecule has 0 radical (unpaired) electrons. The van der Waals surface area contributed by atoms with E-state index >= 15 is 0 Å². The van der Waals surface area contributed by atoms with E-state index in [2.05, 4.69) is 78.8 Å². The molecule has 0 aliphatic carbocycles. The van der Waals surface area contributed by atoms with Crippen LogP contribution in [0, 0.1) is 10.1 Å². The van der Waals surface area contributed by atoms with E-state index in [1.54, 1.807) is 46.3 Å². The summed E-state index contributed by atoms with van der Waals surface area (Å²) < 4.78 is 2.40. The zero-order chi connectivity index (χ0) is 41.4. The SMILES string of the molecule is CN1Cc2cc3[nH]c4cc(Br)cnc4c3cc2C1=O.CN1Cc2ccc(-c3ncc(Br)cc3[N+](=O)[O-])cc2C1=O.CN1Cc2ccc3c([nH]c4cc(Br)cnc43)c2C1=O. The molecule has 3 aliphatic rings. The minimum atomic E-state index is -0.478. The Morgan fingerprint density at radius 3 is 1.86 bits per heavy atom. The van der Waals surface area contributed by atoms with E-state index in [0.717, 1.165) is 80.6 Å². The monoisotopic (exact) mass is 977 g/mol. The first kappa shape index (κ1) is 38.5. The Kier molecular flexibility index (Phi) is 9.56. The summed E-state index contributed by atoms with van der Waals surface area (Å²) >= 11 is 10.0. The Labute approximate surface area is 360 Å². The van der Waals surface area contributed by atoms with Crippen molar-refractivity contribution in [1.29, 1.82) is 0 Å². The predicted molar refractivity (Wildman–Crippen MR) is 234 cm³/mol. The van der Waals surface area contributed by atoms with Crippen LogP contribution in [-0.4, -0.2) is 83.4 Å². The fourth-order valence-corrected chi connectivity index (χ4v) is 8.82. The van der Waals surface area contributed by atoms with Crippen LogP contribution in [0.3, 0.4) is 0 Å². The smallest absolute Gasteiger partial charge is 0.296 e. The van der Waals surface area contributed by atoms with Gasteiger partial charge >= 0.3 is 0 Å². The number of amides is 3. The second-order valence-corrected chi connectivity index (χ2v) is 17.3. The van der Waals surface area contributed by atoms with Gasteiger partial charge in [0.1, 0.15) is 5.69 Å². The Morgan fingerprint density at radius 1 is 0.610 bits per heavy atom. The Balaban J connectivity index is 0.000000114. The number of carbonyl (C=O) groups excluding carboxylic acids is 3. The molecule has 294 valence electrons. The van der Waals surface area contributed by atoms with Gasteiger partial charge in [0.25, 0.3) is 23.4 Å². The summed E-state index contributed by atoms with van der Waals surface area (Å²) in [5.74, 6) is 0.0844. The molecule has 0 saturated heterocycles. The highest BCUT2D eigenvalue weighted by Crippen LogP contribution is 2.36. The van der Waals surface area contributed by atoms with E-state index in [0.29, 0.717) is 35.2 Å². The molecule has 8 heterocycles. The molecular weight excluding hydrogens is 950 g/mol. The highest BCUT2D eigenvalue weighted by molar-refractivity contribution is 9.11. The number of pyridine rings is 3. The maximum atomic E-state index is 12.2. The van der Waals surface area contributed by atoms with Crippen molar-refractivity contribution in [1.82, 2.24) is 39.6 Å². The van der Waals surface area contributed by atoms with Crippen LogP contribution in [0.5, 0.6) is 0 Å². The maximum Gasteiger partial charge on any atom is 0.296 e. The van der Waals surface area contributed by atoms with Gasteiger partial charge in [0.05, 0.1) is 38.1 Å². The third kappa shape index (κ3) is 6.72. The average Bonchev–Trinajstić information content (AvgIpc) is 3.98. The molecule has 0 unspecified atom stereocenters. The van der Waals surface area contributed by atoms with Gasteiger partial charge in [-0.2, -0.15) is 0 Å². The number of hydrogen-bond donors (Lipinski definition) is 2. The fraction of sp³-hybridized carbons (Fsp3) is 0.143. The van der Waals surface area contributed by atoms with Gasteiger partial charge in [-0.25, -0.2) is 4.98 Å². The van der Waals surface area contributed by atoms with Crippen molar-refractivity contribution in [3.63, 3.8) is 0 Å². The van der Waals surface area contributed by atoms with E-state index in [1.807, 2.05) is 50.5 Å². The summed E-state index contributed by atoms with van der Waals surface area (Å²) in [7, 11) is 5.37. The number of fused-ring (bicyclic) bond motifs is 10. The van der Waals surface area contributed by atoms with Gasteiger partial charge in [0.2, 0.25) is 0 Å². The molecule has 5 aromatic heterocycles. The normalized spacial score (nSPS) is 14.2. The quantitative estimate of drug-likeness (QED) is 0.127. The van der Waals surface area contributed by atoms with Gasteiger partial charge in [-0.1, -0.05) is 24.3 Å². The number of benzene rings is 3. The van der Waals surface area contributed by atoms with E-state index in [9.17, 15) is 24.5 Å². The summed E-state index contributed by atoms with van der Waals surface area (Å²) in [6, 6.07) is 18.7. The summed E-state index contributed by atoms with van der Waals surface area (Å²) in [6.07, 6.45) is 5.05. The summed E-state index contributed by atoms with van der Waals surface area (Å²) in [5, 5.41) is 13.2. The van der Waals surface area contributed by atoms with Gasteiger partial charge in [0, 0.05) is 112 Å². The van der Waals surface area contributed by atoms with E-state index in [-0.39, 0.29) is 29.1 Å². The molecule has 14 nitrogen and oxygen atoms in total. The lowest BCUT2D eigenvalue weighted by Crippen LogP contribution is -2.17. The second kappa shape index (κ2) is 14.7. The molecular formula is C42H30Br3N9O5. The number of nitrogens with zero attached hydrogens (tertiary/aromatic N) is 7. The maximum absolute atomic E-state index is 12.2. The van der Waals surface area contributed by atoms with Crippen LogP contribution < -0.4 is 0 Å². The average molecular weight is 980 g/mol. The minimum Gasteiger partial charge on any atom is -0.353 e. The van der Waals surface area contributed by atoms with Gasteiger partial charge in [-0.3, -0.25) is 34.5 Å². The van der Waals surface area contributed by atoms with Gasteiger partial charge in [-0.05, 0) is 94.8 Å². The lowest BCUT2D eigenvalue weighted by Gasteiger charge is -2.05. The number of aromatic amines is 2. The topological polar surface area (TPSA) is 174 Å². The van der Waals surface area contributed by atoms with Gasteiger partial charge < -0.3 is 24.7 Å². The van der Waals surface area contributed by atoms with E-state index < -0.39 is 4.92 Å². The van der Waals surface area contributed by atoms with E-state index in [1.165, 1.54) is 12.3 Å². The third-order valence-electron chi connectivity index (χ3n) is 10.6. The van der Waals surface area contributed by atoms with Crippen LogP contribution in [0.2, 0.25) is 0 Å². The van der Waals surface area contributed by atoms with E-state index in [4.69, 9.17) is 0 Å². The molecule has 3 aromatic carbocycles. The van der Waals surface area contributed by atoms with Crippen LogP contribution >= 0.6 is 47.8 Å². The van der Waals surface area contributed by atoms with Crippen LogP contribution in [0.25, 0.3) is 55.1 Å². The van der Waals surface area contributed by atoms with Crippen molar-refractivity contribution in [2.45, 2.75) is 19.6 Å². The Bertz CT molecular complexity index is 3130. The van der Waals surface area contributed by atoms with Gasteiger partial charge in [0.15, 0.2) is 0 Å². The van der Waals surface area contributed by atoms with Crippen molar-refractivity contribution in [3.05, 3.63) is 136 Å². The number of rotatable bonds is 2. The predicted octanol–water partition coefficient (Wildman–Crippen LogP) is 9.13. The van der Waals surface area contributed by atoms with Crippen LogP contribution in [0.1, 0.15) is 47.8 Å². The number of nitro groups is 1. The van der Waals surface area contributed by atoms with Crippen molar-refractivity contribution in [2.75, 3.05) is 21.1 Å².